The van der Waals surface area contributed by atoms with E-state index in [1.165, 1.54) is 66.8 Å². The predicted molar refractivity (Wildman–Crippen MR) is 254 cm³/mol. The highest BCUT2D eigenvalue weighted by atomic mass is 16.5. The maximum Gasteiger partial charge on any atom is 0.119 e. The van der Waals surface area contributed by atoms with Gasteiger partial charge in [-0.2, -0.15) is 0 Å². The maximum absolute atomic E-state index is 5.53. The number of nitrogens with zero attached hydrogens (tertiary/aromatic N) is 1. The summed E-state index contributed by atoms with van der Waals surface area (Å²) < 4.78 is 11.1. The summed E-state index contributed by atoms with van der Waals surface area (Å²) in [4.78, 5) is 2.33. The summed E-state index contributed by atoms with van der Waals surface area (Å²) in [6, 6.07) is 68.7. The lowest BCUT2D eigenvalue weighted by Crippen LogP contribution is -2.28. The molecule has 0 aliphatic heterocycles. The summed E-state index contributed by atoms with van der Waals surface area (Å²) in [6.07, 6.45) is 6.65. The zero-order valence-electron chi connectivity index (χ0n) is 35.2. The molecule has 0 saturated heterocycles. The predicted octanol–water partition coefficient (Wildman–Crippen LogP) is 14.8. The van der Waals surface area contributed by atoms with Crippen molar-refractivity contribution in [3.05, 3.63) is 233 Å². The van der Waals surface area contributed by atoms with Crippen LogP contribution in [-0.2, 0) is 10.8 Å². The van der Waals surface area contributed by atoms with Crippen LogP contribution in [0.25, 0.3) is 34.4 Å². The van der Waals surface area contributed by atoms with Crippen molar-refractivity contribution in [2.24, 2.45) is 0 Å². The molecule has 10 rings (SSSR count). The summed E-state index contributed by atoms with van der Waals surface area (Å²) in [5.41, 5.74) is 18.4. The Bertz CT molecular complexity index is 2800. The van der Waals surface area contributed by atoms with Crippen LogP contribution in [0.5, 0.6) is 11.5 Å². The number of benzene rings is 8. The van der Waals surface area contributed by atoms with E-state index in [0.717, 1.165) is 41.4 Å². The van der Waals surface area contributed by atoms with Crippen molar-refractivity contribution in [1.29, 1.82) is 0 Å². The Morgan fingerprint density at radius 2 is 0.967 bits per heavy atom. The first kappa shape index (κ1) is 38.1. The minimum atomic E-state index is -0.422. The monoisotopic (exact) mass is 791 g/mol. The van der Waals surface area contributed by atoms with Crippen molar-refractivity contribution in [3.8, 4) is 33.8 Å². The molecule has 3 nitrogen and oxygen atoms in total. The second-order valence-corrected chi connectivity index (χ2v) is 16.2. The summed E-state index contributed by atoms with van der Waals surface area (Å²) in [7, 11) is 3.42. The largest absolute Gasteiger partial charge is 0.497 e. The molecule has 2 aliphatic carbocycles. The topological polar surface area (TPSA) is 21.7 Å². The summed E-state index contributed by atoms with van der Waals surface area (Å²) in [6.45, 7) is 4.69. The Morgan fingerprint density at radius 3 is 1.56 bits per heavy atom. The summed E-state index contributed by atoms with van der Waals surface area (Å²) in [5.74, 6) is 1.66. The zero-order chi connectivity index (χ0) is 41.6. The number of methoxy groups -OCH3 is 2. The first-order chi connectivity index (χ1) is 30.0. The van der Waals surface area contributed by atoms with Crippen LogP contribution in [0.15, 0.2) is 188 Å². The third-order valence-corrected chi connectivity index (χ3v) is 13.5. The van der Waals surface area contributed by atoms with Gasteiger partial charge >= 0.3 is 0 Å². The fourth-order valence-electron chi connectivity index (χ4n) is 10.5. The van der Waals surface area contributed by atoms with Gasteiger partial charge in [-0.15, -0.1) is 0 Å². The molecular weight excluding hydrogens is 743 g/mol. The molecule has 0 amide bonds. The fourth-order valence-corrected chi connectivity index (χ4v) is 10.5. The van der Waals surface area contributed by atoms with Crippen LogP contribution in [0.2, 0.25) is 0 Å². The summed E-state index contributed by atoms with van der Waals surface area (Å²) in [5, 5.41) is 0. The lowest BCUT2D eigenvalue weighted by Gasteiger charge is -2.33. The molecular formula is C58H49NO2. The molecule has 0 saturated carbocycles. The average Bonchev–Trinajstić information content (AvgIpc) is 3.79. The van der Waals surface area contributed by atoms with Crippen LogP contribution < -0.4 is 14.4 Å². The van der Waals surface area contributed by atoms with Gasteiger partial charge in [0.2, 0.25) is 0 Å². The lowest BCUT2D eigenvalue weighted by atomic mass is 9.67. The first-order valence-electron chi connectivity index (χ1n) is 21.4. The minimum absolute atomic E-state index is 0.131. The van der Waals surface area contributed by atoms with Crippen molar-refractivity contribution in [1.82, 2.24) is 0 Å². The van der Waals surface area contributed by atoms with Crippen LogP contribution in [0, 0.1) is 0 Å². The van der Waals surface area contributed by atoms with E-state index in [1.807, 2.05) is 24.3 Å². The molecule has 0 heterocycles. The van der Waals surface area contributed by atoms with Gasteiger partial charge in [0.25, 0.3) is 0 Å². The van der Waals surface area contributed by atoms with E-state index >= 15 is 0 Å². The molecule has 0 aromatic heterocycles. The average molecular weight is 792 g/mol. The molecule has 298 valence electrons. The van der Waals surface area contributed by atoms with Crippen LogP contribution in [-0.4, -0.2) is 14.2 Å². The first-order valence-corrected chi connectivity index (χ1v) is 21.4. The zero-order valence-corrected chi connectivity index (χ0v) is 35.2. The molecule has 0 radical (unpaired) electrons. The van der Waals surface area contributed by atoms with Crippen LogP contribution >= 0.6 is 0 Å². The second kappa shape index (κ2) is 15.5. The number of ether oxygens (including phenoxy) is 2. The van der Waals surface area contributed by atoms with Gasteiger partial charge in [0.05, 0.1) is 19.6 Å². The van der Waals surface area contributed by atoms with E-state index in [2.05, 4.69) is 195 Å². The molecule has 0 atom stereocenters. The van der Waals surface area contributed by atoms with Crippen LogP contribution in [0.3, 0.4) is 0 Å². The Morgan fingerprint density at radius 1 is 0.443 bits per heavy atom. The van der Waals surface area contributed by atoms with Gasteiger partial charge in [-0.1, -0.05) is 153 Å². The van der Waals surface area contributed by atoms with E-state index in [4.69, 9.17) is 9.47 Å². The Balaban J connectivity index is 1.06. The van der Waals surface area contributed by atoms with E-state index in [-0.39, 0.29) is 5.41 Å². The van der Waals surface area contributed by atoms with Crippen molar-refractivity contribution in [2.45, 2.75) is 37.5 Å². The van der Waals surface area contributed by atoms with Gasteiger partial charge in [-0.25, -0.2) is 0 Å². The number of fused-ring (bicyclic) bond motifs is 6. The van der Waals surface area contributed by atoms with Crippen LogP contribution in [0.1, 0.15) is 71.2 Å². The van der Waals surface area contributed by atoms with Crippen molar-refractivity contribution in [3.63, 3.8) is 0 Å². The van der Waals surface area contributed by atoms with E-state index in [0.29, 0.717) is 0 Å². The number of hydrogen-bond donors (Lipinski definition) is 0. The van der Waals surface area contributed by atoms with E-state index < -0.39 is 5.41 Å². The van der Waals surface area contributed by atoms with E-state index in [9.17, 15) is 0 Å². The van der Waals surface area contributed by atoms with Crippen molar-refractivity contribution >= 4 is 29.2 Å². The fraction of sp³-hybridized carbons (Fsp3) is 0.138. The highest BCUT2D eigenvalue weighted by Crippen LogP contribution is 2.58. The molecule has 0 spiro atoms. The highest BCUT2D eigenvalue weighted by Gasteiger charge is 2.46. The third-order valence-electron chi connectivity index (χ3n) is 13.5. The molecule has 0 bridgehead atoms. The maximum atomic E-state index is 5.53. The molecule has 0 unspecified atom stereocenters. The highest BCUT2D eigenvalue weighted by molar-refractivity contribution is 5.93. The normalized spacial score (nSPS) is 13.9. The molecule has 8 aromatic carbocycles. The third kappa shape index (κ3) is 6.02. The molecule has 61 heavy (non-hydrogen) atoms. The second-order valence-electron chi connectivity index (χ2n) is 16.2. The van der Waals surface area contributed by atoms with Crippen molar-refractivity contribution < 1.29 is 9.47 Å². The minimum Gasteiger partial charge on any atom is -0.497 e. The smallest absolute Gasteiger partial charge is 0.119 e. The Kier molecular flexibility index (Phi) is 9.68. The van der Waals surface area contributed by atoms with E-state index in [1.54, 1.807) is 14.2 Å². The number of anilines is 3. The van der Waals surface area contributed by atoms with Gasteiger partial charge in [0.15, 0.2) is 0 Å². The van der Waals surface area contributed by atoms with Gasteiger partial charge in [0.1, 0.15) is 11.5 Å². The van der Waals surface area contributed by atoms with Crippen molar-refractivity contribution in [2.75, 3.05) is 19.1 Å². The molecule has 3 heteroatoms. The quantitative estimate of drug-likeness (QED) is 0.122. The standard InChI is InChI=1S/C58H49NO2/c1-5-57(6-2)54-38-40(25-36-49(54)50-37-31-46(39-55(50)57)59(44-27-32-47(60-3)33-28-44)45-29-34-48(61-4)35-30-45)24-26-41-16-15-23-53-56(41)51-21-13-14-22-52(51)58(53,42-17-9-7-10-18-42)43-19-11-8-12-20-43/h7-39H,5-6H2,1-4H3/b26-24+. The number of rotatable bonds is 11. The SMILES string of the molecule is CCC1(CC)c2cc(/C=C/c3cccc4c3-c3ccccc3C4(c3ccccc3)c3ccccc3)ccc2-c2ccc(N(c3ccc(OC)cc3)c3ccc(OC)cc3)cc21. The molecule has 8 aromatic rings. The van der Waals surface area contributed by atoms with Crippen LogP contribution in [0.4, 0.5) is 17.1 Å². The lowest BCUT2D eigenvalue weighted by molar-refractivity contribution is 0.415. The molecule has 0 fully saturated rings. The Hall–Kier alpha value is -7.10. The van der Waals surface area contributed by atoms with Gasteiger partial charge in [0, 0.05) is 22.5 Å². The molecule has 0 N–H and O–H groups in total. The molecule has 2 aliphatic rings. The van der Waals surface area contributed by atoms with Gasteiger partial charge in [-0.05, 0) is 140 Å². The van der Waals surface area contributed by atoms with Gasteiger partial charge in [-0.3, -0.25) is 0 Å². The number of hydrogen-bond acceptors (Lipinski definition) is 3. The van der Waals surface area contributed by atoms with Gasteiger partial charge < -0.3 is 14.4 Å². The summed E-state index contributed by atoms with van der Waals surface area (Å²) >= 11 is 0. The Labute approximate surface area is 360 Å².